The Bertz CT molecular complexity index is 260. The molecule has 0 saturated carbocycles. The first-order valence-electron chi connectivity index (χ1n) is 4.69. The highest BCUT2D eigenvalue weighted by Crippen LogP contribution is 2.12. The van der Waals surface area contributed by atoms with Crippen LogP contribution in [-0.2, 0) is 11.3 Å². The minimum Gasteiger partial charge on any atom is -0.398 e. The Kier molecular flexibility index (Phi) is 3.77. The Morgan fingerprint density at radius 1 is 1.38 bits per heavy atom. The van der Waals surface area contributed by atoms with Crippen LogP contribution in [0.2, 0.25) is 0 Å². The molecule has 0 spiro atoms. The minimum atomic E-state index is 0.305. The summed E-state index contributed by atoms with van der Waals surface area (Å²) >= 11 is 0. The predicted octanol–water partition coefficient (Wildman–Crippen LogP) is 2.58. The lowest BCUT2D eigenvalue weighted by Crippen LogP contribution is -2.07. The standard InChI is InChI=1S/C11H17NO/c1-3-9(2)13-8-10-6-4-5-7-11(10)12/h4-7,9H,3,8,12H2,1-2H3. The molecule has 0 saturated heterocycles. The number of hydrogen-bond acceptors (Lipinski definition) is 2. The Hall–Kier alpha value is -1.02. The van der Waals surface area contributed by atoms with Crippen molar-refractivity contribution in [3.8, 4) is 0 Å². The van der Waals surface area contributed by atoms with Crippen LogP contribution in [0.5, 0.6) is 0 Å². The van der Waals surface area contributed by atoms with E-state index in [4.69, 9.17) is 10.5 Å². The van der Waals surface area contributed by atoms with Crippen molar-refractivity contribution >= 4 is 5.69 Å². The Labute approximate surface area is 79.7 Å². The summed E-state index contributed by atoms with van der Waals surface area (Å²) in [6, 6.07) is 7.81. The van der Waals surface area contributed by atoms with E-state index in [2.05, 4.69) is 13.8 Å². The molecule has 0 aromatic heterocycles. The van der Waals surface area contributed by atoms with Crippen molar-refractivity contribution in [3.05, 3.63) is 29.8 Å². The van der Waals surface area contributed by atoms with Crippen molar-refractivity contribution in [2.45, 2.75) is 33.0 Å². The molecule has 1 aromatic carbocycles. The molecule has 1 unspecified atom stereocenters. The molecule has 2 N–H and O–H groups in total. The molecule has 1 aromatic rings. The second-order valence-corrected chi connectivity index (χ2v) is 3.23. The first-order valence-corrected chi connectivity index (χ1v) is 4.69. The van der Waals surface area contributed by atoms with Gasteiger partial charge in [-0.15, -0.1) is 0 Å². The van der Waals surface area contributed by atoms with Gasteiger partial charge in [-0.25, -0.2) is 0 Å². The van der Waals surface area contributed by atoms with Gasteiger partial charge in [-0.2, -0.15) is 0 Å². The van der Waals surface area contributed by atoms with E-state index in [1.165, 1.54) is 0 Å². The van der Waals surface area contributed by atoms with Crippen LogP contribution in [0, 0.1) is 0 Å². The van der Waals surface area contributed by atoms with E-state index < -0.39 is 0 Å². The molecule has 0 heterocycles. The van der Waals surface area contributed by atoms with E-state index in [-0.39, 0.29) is 0 Å². The van der Waals surface area contributed by atoms with Gasteiger partial charge in [0.2, 0.25) is 0 Å². The lowest BCUT2D eigenvalue weighted by molar-refractivity contribution is 0.0512. The van der Waals surface area contributed by atoms with Crippen molar-refractivity contribution in [2.24, 2.45) is 0 Å². The zero-order valence-corrected chi connectivity index (χ0v) is 8.29. The average Bonchev–Trinajstić information content (AvgIpc) is 2.16. The SMILES string of the molecule is CCC(C)OCc1ccccc1N. The summed E-state index contributed by atoms with van der Waals surface area (Å²) in [5, 5.41) is 0. The maximum Gasteiger partial charge on any atom is 0.0740 e. The molecule has 2 nitrogen and oxygen atoms in total. The fraction of sp³-hybridized carbons (Fsp3) is 0.455. The molecule has 0 radical (unpaired) electrons. The van der Waals surface area contributed by atoms with Crippen LogP contribution in [0.25, 0.3) is 0 Å². The number of rotatable bonds is 4. The Morgan fingerprint density at radius 2 is 2.08 bits per heavy atom. The van der Waals surface area contributed by atoms with E-state index in [1.54, 1.807) is 0 Å². The monoisotopic (exact) mass is 179 g/mol. The molecule has 0 bridgehead atoms. The van der Waals surface area contributed by atoms with Crippen LogP contribution < -0.4 is 5.73 Å². The lowest BCUT2D eigenvalue weighted by atomic mass is 10.2. The van der Waals surface area contributed by atoms with Crippen LogP contribution in [0.3, 0.4) is 0 Å². The van der Waals surface area contributed by atoms with Gasteiger partial charge in [0.05, 0.1) is 12.7 Å². The van der Waals surface area contributed by atoms with Crippen LogP contribution in [0.4, 0.5) is 5.69 Å². The third-order valence-electron chi connectivity index (χ3n) is 2.15. The molecular formula is C11H17NO. The number of nitrogens with two attached hydrogens (primary N) is 1. The molecule has 0 aliphatic carbocycles. The van der Waals surface area contributed by atoms with Gasteiger partial charge in [0.25, 0.3) is 0 Å². The zero-order valence-electron chi connectivity index (χ0n) is 8.29. The molecular weight excluding hydrogens is 162 g/mol. The van der Waals surface area contributed by atoms with Gasteiger partial charge in [-0.05, 0) is 19.4 Å². The van der Waals surface area contributed by atoms with Gasteiger partial charge in [0, 0.05) is 11.3 Å². The summed E-state index contributed by atoms with van der Waals surface area (Å²) in [6.45, 7) is 4.79. The summed E-state index contributed by atoms with van der Waals surface area (Å²) in [5.41, 5.74) is 7.65. The highest BCUT2D eigenvalue weighted by molar-refractivity contribution is 5.45. The molecule has 72 valence electrons. The van der Waals surface area contributed by atoms with Crippen LogP contribution in [-0.4, -0.2) is 6.10 Å². The van der Waals surface area contributed by atoms with Crippen molar-refractivity contribution in [2.75, 3.05) is 5.73 Å². The van der Waals surface area contributed by atoms with Gasteiger partial charge in [-0.1, -0.05) is 25.1 Å². The average molecular weight is 179 g/mol. The number of benzene rings is 1. The summed E-state index contributed by atoms with van der Waals surface area (Å²) < 4.78 is 5.58. The first-order chi connectivity index (χ1) is 6.24. The smallest absolute Gasteiger partial charge is 0.0740 e. The summed E-state index contributed by atoms with van der Waals surface area (Å²) in [6.07, 6.45) is 1.34. The topological polar surface area (TPSA) is 35.2 Å². The molecule has 1 rings (SSSR count). The fourth-order valence-electron chi connectivity index (χ4n) is 1.02. The van der Waals surface area contributed by atoms with Gasteiger partial charge < -0.3 is 10.5 Å². The minimum absolute atomic E-state index is 0.305. The molecule has 0 aliphatic heterocycles. The second kappa shape index (κ2) is 4.87. The molecule has 0 amide bonds. The molecule has 0 aliphatic rings. The van der Waals surface area contributed by atoms with Crippen LogP contribution in [0.1, 0.15) is 25.8 Å². The van der Waals surface area contributed by atoms with Gasteiger partial charge >= 0.3 is 0 Å². The molecule has 0 fully saturated rings. The quantitative estimate of drug-likeness (QED) is 0.721. The summed E-state index contributed by atoms with van der Waals surface area (Å²) in [4.78, 5) is 0. The summed E-state index contributed by atoms with van der Waals surface area (Å²) in [5.74, 6) is 0. The van der Waals surface area contributed by atoms with Crippen molar-refractivity contribution < 1.29 is 4.74 Å². The van der Waals surface area contributed by atoms with Crippen LogP contribution in [0.15, 0.2) is 24.3 Å². The summed E-state index contributed by atoms with van der Waals surface area (Å²) in [7, 11) is 0. The Morgan fingerprint density at radius 3 is 2.69 bits per heavy atom. The molecule has 13 heavy (non-hydrogen) atoms. The number of anilines is 1. The lowest BCUT2D eigenvalue weighted by Gasteiger charge is -2.11. The highest BCUT2D eigenvalue weighted by atomic mass is 16.5. The molecule has 1 atom stereocenters. The Balaban J connectivity index is 2.50. The zero-order chi connectivity index (χ0) is 9.68. The molecule has 2 heteroatoms. The maximum absolute atomic E-state index is 5.77. The van der Waals surface area contributed by atoms with Gasteiger partial charge in [0.15, 0.2) is 0 Å². The second-order valence-electron chi connectivity index (χ2n) is 3.23. The van der Waals surface area contributed by atoms with E-state index in [9.17, 15) is 0 Å². The van der Waals surface area contributed by atoms with Crippen molar-refractivity contribution in [1.29, 1.82) is 0 Å². The number of nitrogen functional groups attached to an aromatic ring is 1. The third kappa shape index (κ3) is 3.07. The fourth-order valence-corrected chi connectivity index (χ4v) is 1.02. The van der Waals surface area contributed by atoms with Gasteiger partial charge in [0.1, 0.15) is 0 Å². The first kappa shape index (κ1) is 10.1. The number of hydrogen-bond donors (Lipinski definition) is 1. The van der Waals surface area contributed by atoms with Crippen LogP contribution >= 0.6 is 0 Å². The predicted molar refractivity (Wildman–Crippen MR) is 55.4 cm³/mol. The number of ether oxygens (including phenoxy) is 1. The van der Waals surface area contributed by atoms with E-state index in [0.717, 1.165) is 17.7 Å². The van der Waals surface area contributed by atoms with Crippen molar-refractivity contribution in [3.63, 3.8) is 0 Å². The van der Waals surface area contributed by atoms with Gasteiger partial charge in [-0.3, -0.25) is 0 Å². The largest absolute Gasteiger partial charge is 0.398 e. The normalized spacial score (nSPS) is 12.8. The third-order valence-corrected chi connectivity index (χ3v) is 2.15. The van der Waals surface area contributed by atoms with E-state index in [0.29, 0.717) is 12.7 Å². The highest BCUT2D eigenvalue weighted by Gasteiger charge is 2.01. The maximum atomic E-state index is 5.77. The number of para-hydroxylation sites is 1. The van der Waals surface area contributed by atoms with E-state index >= 15 is 0 Å². The van der Waals surface area contributed by atoms with Crippen molar-refractivity contribution in [1.82, 2.24) is 0 Å². The van der Waals surface area contributed by atoms with E-state index in [1.807, 2.05) is 24.3 Å².